The van der Waals surface area contributed by atoms with Crippen LogP contribution in [0.5, 0.6) is 0 Å². The van der Waals surface area contributed by atoms with Crippen molar-refractivity contribution in [3.8, 4) is 0 Å². The molecule has 1 heterocycles. The van der Waals surface area contributed by atoms with E-state index >= 15 is 0 Å². The van der Waals surface area contributed by atoms with Crippen molar-refractivity contribution in [1.29, 1.82) is 0 Å². The molecule has 4 N–H and O–H groups in total. The fourth-order valence-corrected chi connectivity index (χ4v) is 2.51. The van der Waals surface area contributed by atoms with Crippen molar-refractivity contribution in [2.75, 3.05) is 18.8 Å². The summed E-state index contributed by atoms with van der Waals surface area (Å²) in [5.41, 5.74) is 6.90. The number of anilines is 1. The third-order valence-electron chi connectivity index (χ3n) is 3.79. The highest BCUT2D eigenvalue weighted by molar-refractivity contribution is 5.95. The Kier molecular flexibility index (Phi) is 4.07. The zero-order valence-electron chi connectivity index (χ0n) is 11.0. The smallest absolute Gasteiger partial charge is 0.338 e. The Bertz CT molecular complexity index is 476. The Hall–Kier alpha value is -1.59. The number of carbonyl (C=O) groups is 1. The van der Waals surface area contributed by atoms with Gasteiger partial charge in [-0.2, -0.15) is 0 Å². The quantitative estimate of drug-likeness (QED) is 0.713. The van der Waals surface area contributed by atoms with Crippen LogP contribution in [0.3, 0.4) is 0 Å². The van der Waals surface area contributed by atoms with Gasteiger partial charge in [-0.05, 0) is 30.5 Å². The number of benzene rings is 1. The molecular weight excluding hydrogens is 244 g/mol. The number of rotatable bonds is 3. The summed E-state index contributed by atoms with van der Waals surface area (Å²) in [5.74, 6) is -0.699. The molecule has 104 valence electrons. The summed E-state index contributed by atoms with van der Waals surface area (Å²) in [6, 6.07) is 5.14. The van der Waals surface area contributed by atoms with Crippen LogP contribution in [0.1, 0.15) is 29.3 Å². The van der Waals surface area contributed by atoms with Crippen molar-refractivity contribution < 1.29 is 15.0 Å². The average molecular weight is 264 g/mol. The van der Waals surface area contributed by atoms with E-state index in [1.54, 1.807) is 18.2 Å². The highest BCUT2D eigenvalue weighted by Gasteiger charge is 2.25. The standard InChI is InChI=1S/C14H20N2O3/c1-9-5-6-16(8-12(9)17)7-10-3-2-4-11(15)13(10)14(18)19/h2-4,9,12,17H,5-8,15H2,1H3,(H,18,19). The van der Waals surface area contributed by atoms with Gasteiger partial charge in [0.2, 0.25) is 0 Å². The Balaban J connectivity index is 2.15. The lowest BCUT2D eigenvalue weighted by atomic mass is 9.95. The van der Waals surface area contributed by atoms with Crippen LogP contribution in [0, 0.1) is 5.92 Å². The second-order valence-corrected chi connectivity index (χ2v) is 5.25. The summed E-state index contributed by atoms with van der Waals surface area (Å²) < 4.78 is 0. The molecule has 0 amide bonds. The third kappa shape index (κ3) is 3.05. The van der Waals surface area contributed by atoms with E-state index in [2.05, 4.69) is 4.90 Å². The predicted octanol–water partition coefficient (Wildman–Crippen LogP) is 1.17. The lowest BCUT2D eigenvalue weighted by Gasteiger charge is -2.34. The predicted molar refractivity (Wildman–Crippen MR) is 72.9 cm³/mol. The van der Waals surface area contributed by atoms with Crippen LogP contribution in [-0.4, -0.2) is 40.3 Å². The minimum atomic E-state index is -1.00. The fourth-order valence-electron chi connectivity index (χ4n) is 2.51. The van der Waals surface area contributed by atoms with Gasteiger partial charge in [-0.1, -0.05) is 19.1 Å². The monoisotopic (exact) mass is 264 g/mol. The van der Waals surface area contributed by atoms with E-state index in [1.807, 2.05) is 6.92 Å². The summed E-state index contributed by atoms with van der Waals surface area (Å²) in [6.45, 7) is 3.99. The Morgan fingerprint density at radius 2 is 2.26 bits per heavy atom. The average Bonchev–Trinajstić information content (AvgIpc) is 2.33. The number of nitrogens with two attached hydrogens (primary N) is 1. The maximum atomic E-state index is 11.3. The molecule has 1 aromatic rings. The molecule has 19 heavy (non-hydrogen) atoms. The van der Waals surface area contributed by atoms with Crippen molar-refractivity contribution in [3.05, 3.63) is 29.3 Å². The second kappa shape index (κ2) is 5.59. The van der Waals surface area contributed by atoms with Crippen LogP contribution < -0.4 is 5.73 Å². The number of carboxylic acid groups (broad SMARTS) is 1. The maximum Gasteiger partial charge on any atom is 0.338 e. The zero-order valence-corrected chi connectivity index (χ0v) is 11.0. The molecule has 5 nitrogen and oxygen atoms in total. The molecule has 2 unspecified atom stereocenters. The minimum absolute atomic E-state index is 0.176. The van der Waals surface area contributed by atoms with Gasteiger partial charge in [0.15, 0.2) is 0 Å². The molecule has 0 saturated carbocycles. The normalized spacial score (nSPS) is 24.3. The molecule has 0 bridgehead atoms. The SMILES string of the molecule is CC1CCN(Cc2cccc(N)c2C(=O)O)CC1O. The molecule has 1 fully saturated rings. The highest BCUT2D eigenvalue weighted by atomic mass is 16.4. The Morgan fingerprint density at radius 1 is 1.53 bits per heavy atom. The Morgan fingerprint density at radius 3 is 2.89 bits per heavy atom. The minimum Gasteiger partial charge on any atom is -0.478 e. The molecule has 2 rings (SSSR count). The van der Waals surface area contributed by atoms with E-state index in [4.69, 9.17) is 5.73 Å². The van der Waals surface area contributed by atoms with Crippen molar-refractivity contribution in [1.82, 2.24) is 4.90 Å². The fraction of sp³-hybridized carbons (Fsp3) is 0.500. The molecule has 0 aliphatic carbocycles. The van der Waals surface area contributed by atoms with E-state index in [0.717, 1.165) is 13.0 Å². The van der Waals surface area contributed by atoms with Crippen molar-refractivity contribution in [2.24, 2.45) is 5.92 Å². The van der Waals surface area contributed by atoms with Gasteiger partial charge >= 0.3 is 5.97 Å². The zero-order chi connectivity index (χ0) is 14.0. The van der Waals surface area contributed by atoms with Gasteiger partial charge in [0.25, 0.3) is 0 Å². The summed E-state index contributed by atoms with van der Waals surface area (Å²) in [6.07, 6.45) is 0.578. The first-order valence-corrected chi connectivity index (χ1v) is 6.50. The number of aliphatic hydroxyl groups is 1. The van der Waals surface area contributed by atoms with Gasteiger partial charge in [0.05, 0.1) is 11.7 Å². The van der Waals surface area contributed by atoms with Gasteiger partial charge < -0.3 is 15.9 Å². The molecule has 0 spiro atoms. The van der Waals surface area contributed by atoms with E-state index < -0.39 is 5.97 Å². The summed E-state index contributed by atoms with van der Waals surface area (Å²) >= 11 is 0. The molecule has 1 aromatic carbocycles. The number of piperidine rings is 1. The van der Waals surface area contributed by atoms with Gasteiger partial charge in [-0.3, -0.25) is 4.90 Å². The van der Waals surface area contributed by atoms with Gasteiger partial charge in [-0.25, -0.2) is 4.79 Å². The van der Waals surface area contributed by atoms with E-state index in [9.17, 15) is 15.0 Å². The van der Waals surface area contributed by atoms with Gasteiger partial charge in [-0.15, -0.1) is 0 Å². The van der Waals surface area contributed by atoms with E-state index in [-0.39, 0.29) is 17.4 Å². The molecule has 1 aliphatic heterocycles. The number of hydrogen-bond acceptors (Lipinski definition) is 4. The Labute approximate surface area is 112 Å². The number of nitrogens with zero attached hydrogens (tertiary/aromatic N) is 1. The molecular formula is C14H20N2O3. The van der Waals surface area contributed by atoms with Crippen LogP contribution in [0.15, 0.2) is 18.2 Å². The van der Waals surface area contributed by atoms with Crippen LogP contribution in [0.2, 0.25) is 0 Å². The number of hydrogen-bond donors (Lipinski definition) is 3. The molecule has 0 radical (unpaired) electrons. The number of aliphatic hydroxyl groups excluding tert-OH is 1. The first-order chi connectivity index (χ1) is 8.99. The van der Waals surface area contributed by atoms with Gasteiger partial charge in [0, 0.05) is 18.8 Å². The number of aromatic carboxylic acids is 1. The largest absolute Gasteiger partial charge is 0.478 e. The lowest BCUT2D eigenvalue weighted by Crippen LogP contribution is -2.42. The van der Waals surface area contributed by atoms with Crippen molar-refractivity contribution in [3.63, 3.8) is 0 Å². The lowest BCUT2D eigenvalue weighted by molar-refractivity contribution is 0.0257. The van der Waals surface area contributed by atoms with Gasteiger partial charge in [0.1, 0.15) is 0 Å². The summed E-state index contributed by atoms with van der Waals surface area (Å²) in [7, 11) is 0. The second-order valence-electron chi connectivity index (χ2n) is 5.25. The van der Waals surface area contributed by atoms with Crippen LogP contribution in [0.4, 0.5) is 5.69 Å². The number of carboxylic acids is 1. The first-order valence-electron chi connectivity index (χ1n) is 6.50. The van der Waals surface area contributed by atoms with Crippen molar-refractivity contribution >= 4 is 11.7 Å². The highest BCUT2D eigenvalue weighted by Crippen LogP contribution is 2.22. The van der Waals surface area contributed by atoms with Crippen LogP contribution in [0.25, 0.3) is 0 Å². The van der Waals surface area contributed by atoms with E-state index in [0.29, 0.717) is 24.6 Å². The maximum absolute atomic E-state index is 11.3. The number of likely N-dealkylation sites (tertiary alicyclic amines) is 1. The number of β-amino-alcohol motifs (C(OH)–C–C–N with tert-alkyl or cyclic N) is 1. The molecule has 1 saturated heterocycles. The summed E-state index contributed by atoms with van der Waals surface area (Å²) in [4.78, 5) is 13.3. The molecule has 1 aliphatic rings. The van der Waals surface area contributed by atoms with Crippen molar-refractivity contribution in [2.45, 2.75) is 26.0 Å². The molecule has 0 aromatic heterocycles. The van der Waals surface area contributed by atoms with E-state index in [1.165, 1.54) is 0 Å². The first kappa shape index (κ1) is 13.8. The molecule has 5 heteroatoms. The van der Waals surface area contributed by atoms with Crippen LogP contribution >= 0.6 is 0 Å². The molecule has 2 atom stereocenters. The number of nitrogen functional groups attached to an aromatic ring is 1. The van der Waals surface area contributed by atoms with Crippen LogP contribution in [-0.2, 0) is 6.54 Å². The topological polar surface area (TPSA) is 86.8 Å². The summed E-state index contributed by atoms with van der Waals surface area (Å²) in [5, 5.41) is 19.1. The third-order valence-corrected chi connectivity index (χ3v) is 3.79.